The van der Waals surface area contributed by atoms with Crippen LogP contribution in [0.3, 0.4) is 0 Å². The number of aromatic hydroxyl groups is 1. The fourth-order valence-corrected chi connectivity index (χ4v) is 5.22. The van der Waals surface area contributed by atoms with Gasteiger partial charge < -0.3 is 10.2 Å². The van der Waals surface area contributed by atoms with Crippen molar-refractivity contribution < 1.29 is 15.0 Å². The standard InChI is InChI=1S/C22H36O3S2/c1-10-17(19(24)25)27-22(8,9)13-26-14-11-15(20(2,3)4)18(23)16(12-14)21(5,6)7/h11-12,17,23H,10,13H2,1-9H3,(H,24,25). The Bertz CT molecular complexity index is 632. The molecule has 0 bridgehead atoms. The van der Waals surface area contributed by atoms with Crippen LogP contribution in [0.15, 0.2) is 17.0 Å². The molecule has 0 fully saturated rings. The maximum Gasteiger partial charge on any atom is 0.316 e. The summed E-state index contributed by atoms with van der Waals surface area (Å²) in [5, 5.41) is 19.8. The van der Waals surface area contributed by atoms with Gasteiger partial charge in [-0.05, 0) is 43.2 Å². The molecule has 0 aliphatic carbocycles. The minimum atomic E-state index is -0.741. The maximum absolute atomic E-state index is 11.4. The van der Waals surface area contributed by atoms with Crippen LogP contribution in [0.4, 0.5) is 0 Å². The molecule has 0 heterocycles. The van der Waals surface area contributed by atoms with Crippen molar-refractivity contribution in [1.82, 2.24) is 0 Å². The number of carboxylic acid groups (broad SMARTS) is 1. The van der Waals surface area contributed by atoms with Crippen molar-refractivity contribution in [2.75, 3.05) is 5.75 Å². The molecule has 1 atom stereocenters. The molecule has 1 aromatic rings. The van der Waals surface area contributed by atoms with E-state index < -0.39 is 5.97 Å². The van der Waals surface area contributed by atoms with Gasteiger partial charge in [0.1, 0.15) is 11.0 Å². The van der Waals surface area contributed by atoms with Gasteiger partial charge in [-0.2, -0.15) is 0 Å². The van der Waals surface area contributed by atoms with E-state index in [4.69, 9.17) is 0 Å². The molecular weight excluding hydrogens is 376 g/mol. The molecule has 1 rings (SSSR count). The molecule has 0 amide bonds. The Kier molecular flexibility index (Phi) is 7.80. The Morgan fingerprint density at radius 1 is 1.00 bits per heavy atom. The number of rotatable bonds is 7. The van der Waals surface area contributed by atoms with Gasteiger partial charge in [-0.1, -0.05) is 48.5 Å². The molecule has 0 saturated carbocycles. The highest BCUT2D eigenvalue weighted by Gasteiger charge is 2.29. The maximum atomic E-state index is 11.4. The van der Waals surface area contributed by atoms with Gasteiger partial charge >= 0.3 is 5.97 Å². The summed E-state index contributed by atoms with van der Waals surface area (Å²) < 4.78 is -0.161. The third kappa shape index (κ3) is 6.94. The smallest absolute Gasteiger partial charge is 0.316 e. The quantitative estimate of drug-likeness (QED) is 0.504. The predicted octanol–water partition coefficient (Wildman–Crippen LogP) is 6.45. The van der Waals surface area contributed by atoms with Crippen LogP contribution >= 0.6 is 23.5 Å². The monoisotopic (exact) mass is 412 g/mol. The summed E-state index contributed by atoms with van der Waals surface area (Å²) >= 11 is 3.26. The van der Waals surface area contributed by atoms with Gasteiger partial charge in [0.2, 0.25) is 0 Å². The molecule has 5 heteroatoms. The Morgan fingerprint density at radius 2 is 1.44 bits per heavy atom. The molecule has 3 nitrogen and oxygen atoms in total. The minimum absolute atomic E-state index is 0.151. The lowest BCUT2D eigenvalue weighted by Gasteiger charge is -2.29. The summed E-state index contributed by atoms with van der Waals surface area (Å²) in [7, 11) is 0. The summed E-state index contributed by atoms with van der Waals surface area (Å²) in [5.74, 6) is 0.458. The molecule has 1 unspecified atom stereocenters. The number of phenolic OH excluding ortho intramolecular Hbond substituents is 1. The molecule has 2 N–H and O–H groups in total. The second-order valence-corrected chi connectivity index (χ2v) is 12.7. The topological polar surface area (TPSA) is 57.5 Å². The van der Waals surface area contributed by atoms with Gasteiger partial charge in [0.05, 0.1) is 0 Å². The van der Waals surface area contributed by atoms with Crippen molar-refractivity contribution in [2.45, 2.75) is 94.5 Å². The van der Waals surface area contributed by atoms with Gasteiger partial charge in [-0.3, -0.25) is 4.79 Å². The first-order valence-corrected chi connectivity index (χ1v) is 11.4. The first kappa shape index (κ1) is 24.2. The fourth-order valence-electron chi connectivity index (χ4n) is 2.82. The van der Waals surface area contributed by atoms with Crippen LogP contribution in [0, 0.1) is 0 Å². The zero-order chi connectivity index (χ0) is 21.2. The van der Waals surface area contributed by atoms with Gasteiger partial charge in [0.15, 0.2) is 0 Å². The zero-order valence-electron chi connectivity index (χ0n) is 18.3. The molecule has 0 aliphatic rings. The van der Waals surface area contributed by atoms with E-state index in [1.807, 2.05) is 6.92 Å². The van der Waals surface area contributed by atoms with Crippen molar-refractivity contribution in [3.63, 3.8) is 0 Å². The molecule has 0 spiro atoms. The molecule has 1 aromatic carbocycles. The number of hydrogen-bond acceptors (Lipinski definition) is 4. The van der Waals surface area contributed by atoms with Crippen molar-refractivity contribution in [1.29, 1.82) is 0 Å². The summed E-state index contributed by atoms with van der Waals surface area (Å²) in [5.41, 5.74) is 1.61. The molecule has 0 aromatic heterocycles. The predicted molar refractivity (Wildman–Crippen MR) is 120 cm³/mol. The van der Waals surface area contributed by atoms with Crippen LogP contribution in [0.2, 0.25) is 0 Å². The lowest BCUT2D eigenvalue weighted by molar-refractivity contribution is -0.136. The number of carbonyl (C=O) groups is 1. The van der Waals surface area contributed by atoms with Gasteiger partial charge in [0, 0.05) is 26.5 Å². The Balaban J connectivity index is 3.15. The van der Waals surface area contributed by atoms with Gasteiger partial charge in [0.25, 0.3) is 0 Å². The number of hydrogen-bond donors (Lipinski definition) is 2. The highest BCUT2D eigenvalue weighted by molar-refractivity contribution is 8.04. The summed E-state index contributed by atoms with van der Waals surface area (Å²) in [6.07, 6.45) is 0.621. The molecular formula is C22H36O3S2. The highest BCUT2D eigenvalue weighted by Crippen LogP contribution is 2.43. The van der Waals surface area contributed by atoms with Crippen LogP contribution in [-0.2, 0) is 15.6 Å². The van der Waals surface area contributed by atoms with E-state index in [1.54, 1.807) is 11.8 Å². The lowest BCUT2D eigenvalue weighted by Crippen LogP contribution is -2.27. The fraction of sp³-hybridized carbons (Fsp3) is 0.682. The van der Waals surface area contributed by atoms with Gasteiger partial charge in [-0.15, -0.1) is 23.5 Å². The largest absolute Gasteiger partial charge is 0.507 e. The van der Waals surface area contributed by atoms with Crippen molar-refractivity contribution in [3.8, 4) is 5.75 Å². The summed E-state index contributed by atoms with van der Waals surface area (Å²) in [6, 6.07) is 4.18. The van der Waals surface area contributed by atoms with E-state index >= 15 is 0 Å². The third-order valence-electron chi connectivity index (χ3n) is 4.39. The van der Waals surface area contributed by atoms with E-state index in [0.29, 0.717) is 12.2 Å². The second kappa shape index (κ2) is 8.69. The van der Waals surface area contributed by atoms with E-state index in [9.17, 15) is 15.0 Å². The second-order valence-electron chi connectivity index (χ2n) is 9.77. The first-order valence-electron chi connectivity index (χ1n) is 9.50. The number of aliphatic carboxylic acids is 1. The average molecular weight is 413 g/mol. The van der Waals surface area contributed by atoms with Crippen molar-refractivity contribution in [2.24, 2.45) is 0 Å². The van der Waals surface area contributed by atoms with Crippen molar-refractivity contribution in [3.05, 3.63) is 23.3 Å². The van der Waals surface area contributed by atoms with Crippen LogP contribution in [0.25, 0.3) is 0 Å². The summed E-state index contributed by atoms with van der Waals surface area (Å²) in [6.45, 7) is 18.8. The van der Waals surface area contributed by atoms with Crippen LogP contribution < -0.4 is 0 Å². The Labute approximate surface area is 173 Å². The van der Waals surface area contributed by atoms with Crippen LogP contribution in [0.5, 0.6) is 5.75 Å². The molecule has 154 valence electrons. The van der Waals surface area contributed by atoms with E-state index in [1.165, 1.54) is 11.8 Å². The SMILES string of the molecule is CCC(SC(C)(C)CSc1cc(C(C)(C)C)c(O)c(C(C)(C)C)c1)C(=O)O. The van der Waals surface area contributed by atoms with E-state index in [2.05, 4.69) is 67.5 Å². The lowest BCUT2D eigenvalue weighted by atomic mass is 9.79. The highest BCUT2D eigenvalue weighted by atomic mass is 32.2. The Hall–Kier alpha value is -0.810. The van der Waals surface area contributed by atoms with E-state index in [-0.39, 0.29) is 20.8 Å². The number of thioether (sulfide) groups is 2. The first-order chi connectivity index (χ1) is 12.1. The summed E-state index contributed by atoms with van der Waals surface area (Å²) in [4.78, 5) is 12.5. The number of carboxylic acids is 1. The Morgan fingerprint density at radius 3 is 1.78 bits per heavy atom. The minimum Gasteiger partial charge on any atom is -0.507 e. The third-order valence-corrected chi connectivity index (χ3v) is 7.61. The average Bonchev–Trinajstić information content (AvgIpc) is 2.49. The van der Waals surface area contributed by atoms with Gasteiger partial charge in [-0.25, -0.2) is 0 Å². The van der Waals surface area contributed by atoms with Crippen LogP contribution in [0.1, 0.15) is 79.9 Å². The van der Waals surface area contributed by atoms with Crippen LogP contribution in [-0.4, -0.2) is 31.9 Å². The molecule has 0 aliphatic heterocycles. The number of benzene rings is 1. The number of phenols is 1. The normalized spacial score (nSPS) is 14.3. The molecule has 0 radical (unpaired) electrons. The van der Waals surface area contributed by atoms with E-state index in [0.717, 1.165) is 21.8 Å². The molecule has 0 saturated heterocycles. The zero-order valence-corrected chi connectivity index (χ0v) is 19.9. The van der Waals surface area contributed by atoms with Crippen molar-refractivity contribution >= 4 is 29.5 Å². The molecule has 27 heavy (non-hydrogen) atoms.